The zero-order chi connectivity index (χ0) is 12.3. The van der Waals surface area contributed by atoms with Crippen LogP contribution in [0.15, 0.2) is 29.2 Å². The molecule has 1 fully saturated rings. The Balaban J connectivity index is 2.00. The third-order valence-electron chi connectivity index (χ3n) is 2.65. The number of hydrogen-bond donors (Lipinski definition) is 1. The van der Waals surface area contributed by atoms with Crippen LogP contribution in [-0.2, 0) is 14.8 Å². The lowest BCUT2D eigenvalue weighted by molar-refractivity contribution is 0.114. The first-order valence-corrected chi connectivity index (χ1v) is 7.31. The lowest BCUT2D eigenvalue weighted by atomic mass is 10.2. The van der Waals surface area contributed by atoms with E-state index in [1.54, 1.807) is 12.1 Å². The van der Waals surface area contributed by atoms with Gasteiger partial charge in [0.05, 0.1) is 11.0 Å². The van der Waals surface area contributed by atoms with Crippen LogP contribution in [0, 0.1) is 0 Å². The standard InChI is InChI=1S/C11H14ClNO3S/c12-9-3-5-11(6-4-9)17(14,15)13-8-10-2-1-7-16-10/h3-6,10,13H,1-2,7-8H2. The molecule has 1 aromatic carbocycles. The molecule has 2 rings (SSSR count). The van der Waals surface area contributed by atoms with E-state index in [1.165, 1.54) is 12.1 Å². The van der Waals surface area contributed by atoms with Gasteiger partial charge in [-0.1, -0.05) is 11.6 Å². The molecule has 1 aliphatic rings. The predicted octanol–water partition coefficient (Wildman–Crippen LogP) is 1.80. The molecule has 1 N–H and O–H groups in total. The van der Waals surface area contributed by atoms with Crippen LogP contribution in [-0.4, -0.2) is 27.7 Å². The molecular formula is C11H14ClNO3S. The fourth-order valence-electron chi connectivity index (χ4n) is 1.71. The summed E-state index contributed by atoms with van der Waals surface area (Å²) in [6.45, 7) is 1.04. The summed E-state index contributed by atoms with van der Waals surface area (Å²) in [6.07, 6.45) is 1.90. The van der Waals surface area contributed by atoms with Crippen LogP contribution in [0.4, 0.5) is 0 Å². The second-order valence-electron chi connectivity index (χ2n) is 3.94. The molecule has 1 atom stereocenters. The van der Waals surface area contributed by atoms with Gasteiger partial charge >= 0.3 is 0 Å². The van der Waals surface area contributed by atoms with E-state index in [-0.39, 0.29) is 11.0 Å². The first-order chi connectivity index (χ1) is 8.08. The van der Waals surface area contributed by atoms with Crippen LogP contribution < -0.4 is 4.72 Å². The van der Waals surface area contributed by atoms with Crippen LogP contribution in [0.25, 0.3) is 0 Å². The van der Waals surface area contributed by atoms with Crippen LogP contribution >= 0.6 is 11.6 Å². The maximum atomic E-state index is 11.9. The van der Waals surface area contributed by atoms with E-state index < -0.39 is 10.0 Å². The van der Waals surface area contributed by atoms with Crippen molar-refractivity contribution in [3.05, 3.63) is 29.3 Å². The topological polar surface area (TPSA) is 55.4 Å². The number of hydrogen-bond acceptors (Lipinski definition) is 3. The maximum absolute atomic E-state index is 11.9. The Kier molecular flexibility index (Phi) is 4.04. The van der Waals surface area contributed by atoms with Gasteiger partial charge in [-0.05, 0) is 37.1 Å². The molecule has 0 radical (unpaired) electrons. The molecule has 1 aromatic rings. The minimum absolute atomic E-state index is 0.00271. The summed E-state index contributed by atoms with van der Waals surface area (Å²) in [4.78, 5) is 0.222. The van der Waals surface area contributed by atoms with Gasteiger partial charge in [0, 0.05) is 18.2 Å². The number of benzene rings is 1. The van der Waals surface area contributed by atoms with Gasteiger partial charge in [-0.2, -0.15) is 0 Å². The number of nitrogens with one attached hydrogen (secondary N) is 1. The quantitative estimate of drug-likeness (QED) is 0.912. The largest absolute Gasteiger partial charge is 0.377 e. The molecule has 1 heterocycles. The Morgan fingerprint density at radius 2 is 2.06 bits per heavy atom. The Labute approximate surface area is 106 Å². The molecule has 6 heteroatoms. The average Bonchev–Trinajstić information content (AvgIpc) is 2.80. The average molecular weight is 276 g/mol. The monoisotopic (exact) mass is 275 g/mol. The highest BCUT2D eigenvalue weighted by Crippen LogP contribution is 2.15. The second kappa shape index (κ2) is 5.35. The zero-order valence-electron chi connectivity index (χ0n) is 9.23. The van der Waals surface area contributed by atoms with Gasteiger partial charge < -0.3 is 4.74 Å². The van der Waals surface area contributed by atoms with E-state index in [2.05, 4.69) is 4.72 Å². The van der Waals surface area contributed by atoms with Crippen molar-refractivity contribution in [3.8, 4) is 0 Å². The summed E-state index contributed by atoms with van der Waals surface area (Å²) in [7, 11) is -3.45. The molecule has 1 aliphatic heterocycles. The number of halogens is 1. The van der Waals surface area contributed by atoms with Crippen LogP contribution in [0.2, 0.25) is 5.02 Å². The molecule has 0 amide bonds. The van der Waals surface area contributed by atoms with Gasteiger partial charge in [-0.3, -0.25) is 0 Å². The van der Waals surface area contributed by atoms with Crippen molar-refractivity contribution in [1.82, 2.24) is 4.72 Å². The Bertz CT molecular complexity index is 466. The molecular weight excluding hydrogens is 262 g/mol. The van der Waals surface area contributed by atoms with Crippen molar-refractivity contribution in [2.24, 2.45) is 0 Å². The van der Waals surface area contributed by atoms with Gasteiger partial charge in [0.25, 0.3) is 0 Å². The highest BCUT2D eigenvalue weighted by atomic mass is 35.5. The summed E-state index contributed by atoms with van der Waals surface area (Å²) in [5.41, 5.74) is 0. The number of rotatable bonds is 4. The lowest BCUT2D eigenvalue weighted by Gasteiger charge is -2.11. The highest BCUT2D eigenvalue weighted by molar-refractivity contribution is 7.89. The van der Waals surface area contributed by atoms with Crippen molar-refractivity contribution in [3.63, 3.8) is 0 Å². The van der Waals surface area contributed by atoms with Gasteiger partial charge in [0.1, 0.15) is 0 Å². The molecule has 0 bridgehead atoms. The molecule has 0 saturated carbocycles. The molecule has 4 nitrogen and oxygen atoms in total. The number of ether oxygens (including phenoxy) is 1. The lowest BCUT2D eigenvalue weighted by Crippen LogP contribution is -2.31. The maximum Gasteiger partial charge on any atom is 0.240 e. The normalized spacial score (nSPS) is 20.6. The van der Waals surface area contributed by atoms with Crippen LogP contribution in [0.5, 0.6) is 0 Å². The molecule has 0 spiro atoms. The number of sulfonamides is 1. The summed E-state index contributed by atoms with van der Waals surface area (Å²) in [5.74, 6) is 0. The van der Waals surface area contributed by atoms with E-state index in [0.29, 0.717) is 18.2 Å². The third-order valence-corrected chi connectivity index (χ3v) is 4.34. The Morgan fingerprint density at radius 1 is 1.35 bits per heavy atom. The minimum Gasteiger partial charge on any atom is -0.377 e. The van der Waals surface area contributed by atoms with E-state index >= 15 is 0 Å². The second-order valence-corrected chi connectivity index (χ2v) is 6.14. The molecule has 17 heavy (non-hydrogen) atoms. The molecule has 0 aliphatic carbocycles. The van der Waals surface area contributed by atoms with Gasteiger partial charge in [0.2, 0.25) is 10.0 Å². The summed E-state index contributed by atoms with van der Waals surface area (Å²) in [5, 5.41) is 0.517. The zero-order valence-corrected chi connectivity index (χ0v) is 10.8. The van der Waals surface area contributed by atoms with Crippen molar-refractivity contribution in [2.75, 3.05) is 13.2 Å². The van der Waals surface area contributed by atoms with Gasteiger partial charge in [-0.15, -0.1) is 0 Å². The van der Waals surface area contributed by atoms with E-state index in [0.717, 1.165) is 12.8 Å². The SMILES string of the molecule is O=S(=O)(NCC1CCCO1)c1ccc(Cl)cc1. The molecule has 94 valence electrons. The predicted molar refractivity (Wildman–Crippen MR) is 65.6 cm³/mol. The first-order valence-electron chi connectivity index (χ1n) is 5.45. The minimum atomic E-state index is -3.45. The molecule has 0 aromatic heterocycles. The van der Waals surface area contributed by atoms with E-state index in [4.69, 9.17) is 16.3 Å². The molecule has 1 saturated heterocycles. The fraction of sp³-hybridized carbons (Fsp3) is 0.455. The van der Waals surface area contributed by atoms with E-state index in [9.17, 15) is 8.42 Å². The van der Waals surface area contributed by atoms with Gasteiger partial charge in [-0.25, -0.2) is 13.1 Å². The first kappa shape index (κ1) is 12.8. The highest BCUT2D eigenvalue weighted by Gasteiger charge is 2.19. The Morgan fingerprint density at radius 3 is 2.65 bits per heavy atom. The van der Waals surface area contributed by atoms with Crippen LogP contribution in [0.3, 0.4) is 0 Å². The van der Waals surface area contributed by atoms with Crippen LogP contribution in [0.1, 0.15) is 12.8 Å². The van der Waals surface area contributed by atoms with Crippen molar-refractivity contribution in [2.45, 2.75) is 23.8 Å². The summed E-state index contributed by atoms with van der Waals surface area (Å²) >= 11 is 5.71. The third kappa shape index (κ3) is 3.42. The van der Waals surface area contributed by atoms with Crippen molar-refractivity contribution >= 4 is 21.6 Å². The Hall–Kier alpha value is -0.620. The summed E-state index contributed by atoms with van der Waals surface area (Å²) < 4.78 is 31.7. The van der Waals surface area contributed by atoms with Gasteiger partial charge in [0.15, 0.2) is 0 Å². The van der Waals surface area contributed by atoms with Crippen molar-refractivity contribution < 1.29 is 13.2 Å². The van der Waals surface area contributed by atoms with Crippen molar-refractivity contribution in [1.29, 1.82) is 0 Å². The fourth-order valence-corrected chi connectivity index (χ4v) is 2.90. The smallest absolute Gasteiger partial charge is 0.240 e. The summed E-state index contributed by atoms with van der Waals surface area (Å²) in [6, 6.07) is 6.09. The van der Waals surface area contributed by atoms with E-state index in [1.807, 2.05) is 0 Å². The molecule has 1 unspecified atom stereocenters.